The van der Waals surface area contributed by atoms with E-state index in [4.69, 9.17) is 11.6 Å². The molecule has 13 heavy (non-hydrogen) atoms. The van der Waals surface area contributed by atoms with Crippen molar-refractivity contribution in [3.8, 4) is 0 Å². The van der Waals surface area contributed by atoms with Gasteiger partial charge in [0.2, 0.25) is 0 Å². The van der Waals surface area contributed by atoms with Gasteiger partial charge < -0.3 is 0 Å². The monoisotopic (exact) mass is 210 g/mol. The molecule has 2 aromatic rings. The molecule has 0 atom stereocenters. The zero-order chi connectivity index (χ0) is 9.42. The van der Waals surface area contributed by atoms with Crippen LogP contribution in [-0.4, -0.2) is 6.29 Å². The average molecular weight is 211 g/mol. The summed E-state index contributed by atoms with van der Waals surface area (Å²) in [7, 11) is 0. The predicted octanol–water partition coefficient (Wildman–Crippen LogP) is 3.68. The van der Waals surface area contributed by atoms with Crippen LogP contribution in [0.1, 0.15) is 15.9 Å². The molecule has 2 rings (SSSR count). The van der Waals surface area contributed by atoms with Crippen LogP contribution in [0.3, 0.4) is 0 Å². The fourth-order valence-corrected chi connectivity index (χ4v) is 2.63. The van der Waals surface area contributed by atoms with E-state index in [1.807, 2.05) is 24.4 Å². The van der Waals surface area contributed by atoms with E-state index < -0.39 is 0 Å². The summed E-state index contributed by atoms with van der Waals surface area (Å²) in [4.78, 5) is 10.7. The molecule has 0 bridgehead atoms. The van der Waals surface area contributed by atoms with Gasteiger partial charge in [0.15, 0.2) is 6.29 Å². The number of fused-ring (bicyclic) bond motifs is 1. The molecule has 0 aliphatic heterocycles. The molecule has 0 fully saturated rings. The first-order chi connectivity index (χ1) is 6.22. The van der Waals surface area contributed by atoms with Crippen molar-refractivity contribution >= 4 is 39.3 Å². The van der Waals surface area contributed by atoms with Crippen LogP contribution in [0, 0.1) is 6.92 Å². The summed E-state index contributed by atoms with van der Waals surface area (Å²) >= 11 is 7.48. The van der Waals surface area contributed by atoms with Crippen molar-refractivity contribution < 1.29 is 4.79 Å². The number of rotatable bonds is 1. The summed E-state index contributed by atoms with van der Waals surface area (Å²) in [6.07, 6.45) is 0.870. The Hall–Kier alpha value is -0.860. The first-order valence-electron chi connectivity index (χ1n) is 3.85. The quantitative estimate of drug-likeness (QED) is 0.657. The SMILES string of the molecule is Cc1cc(Cl)cc2c(C=O)csc12. The van der Waals surface area contributed by atoms with Gasteiger partial charge in [0.1, 0.15) is 0 Å². The van der Waals surface area contributed by atoms with Gasteiger partial charge >= 0.3 is 0 Å². The second-order valence-electron chi connectivity index (χ2n) is 2.91. The molecule has 3 heteroatoms. The second-order valence-corrected chi connectivity index (χ2v) is 4.22. The Labute approximate surface area is 84.9 Å². The smallest absolute Gasteiger partial charge is 0.151 e. The summed E-state index contributed by atoms with van der Waals surface area (Å²) in [6.45, 7) is 2.00. The highest BCUT2D eigenvalue weighted by atomic mass is 35.5. The molecule has 0 saturated carbocycles. The van der Waals surface area contributed by atoms with Crippen molar-refractivity contribution in [2.24, 2.45) is 0 Å². The number of hydrogen-bond acceptors (Lipinski definition) is 2. The van der Waals surface area contributed by atoms with Crippen LogP contribution >= 0.6 is 22.9 Å². The van der Waals surface area contributed by atoms with E-state index in [2.05, 4.69) is 0 Å². The van der Waals surface area contributed by atoms with E-state index in [0.717, 1.165) is 27.5 Å². The summed E-state index contributed by atoms with van der Waals surface area (Å²) < 4.78 is 1.14. The fourth-order valence-electron chi connectivity index (χ4n) is 1.38. The lowest BCUT2D eigenvalue weighted by Crippen LogP contribution is -1.77. The third-order valence-electron chi connectivity index (χ3n) is 1.98. The van der Waals surface area contributed by atoms with Crippen molar-refractivity contribution in [1.82, 2.24) is 0 Å². The molecular weight excluding hydrogens is 204 g/mol. The molecule has 66 valence electrons. The number of aldehydes is 1. The van der Waals surface area contributed by atoms with E-state index in [-0.39, 0.29) is 0 Å². The standard InChI is InChI=1S/C10H7ClOS/c1-6-2-8(11)3-9-7(4-12)5-13-10(6)9/h2-5H,1H3. The number of thiophene rings is 1. The number of aryl methyl sites for hydroxylation is 1. The van der Waals surface area contributed by atoms with Gasteiger partial charge in [-0.2, -0.15) is 0 Å². The molecule has 1 aromatic carbocycles. The molecule has 1 aromatic heterocycles. The Balaban J connectivity index is 2.89. The van der Waals surface area contributed by atoms with Crippen LogP contribution in [0.2, 0.25) is 5.02 Å². The summed E-state index contributed by atoms with van der Waals surface area (Å²) in [5.74, 6) is 0. The highest BCUT2D eigenvalue weighted by Crippen LogP contribution is 2.30. The van der Waals surface area contributed by atoms with Crippen LogP contribution in [0.5, 0.6) is 0 Å². The number of hydrogen-bond donors (Lipinski definition) is 0. The molecule has 0 aliphatic rings. The Kier molecular flexibility index (Phi) is 2.10. The zero-order valence-corrected chi connectivity index (χ0v) is 8.58. The molecule has 1 heterocycles. The Morgan fingerprint density at radius 1 is 1.46 bits per heavy atom. The van der Waals surface area contributed by atoms with E-state index >= 15 is 0 Å². The van der Waals surface area contributed by atoms with Crippen LogP contribution in [0.4, 0.5) is 0 Å². The first kappa shape index (κ1) is 8.73. The lowest BCUT2D eigenvalue weighted by atomic mass is 10.1. The molecular formula is C10H7ClOS. The van der Waals surface area contributed by atoms with E-state index in [0.29, 0.717) is 5.02 Å². The normalized spacial score (nSPS) is 10.6. The van der Waals surface area contributed by atoms with E-state index in [1.54, 1.807) is 11.3 Å². The molecule has 0 amide bonds. The highest BCUT2D eigenvalue weighted by molar-refractivity contribution is 7.17. The predicted molar refractivity (Wildman–Crippen MR) is 57.0 cm³/mol. The third kappa shape index (κ3) is 1.36. The van der Waals surface area contributed by atoms with Crippen LogP contribution in [0.25, 0.3) is 10.1 Å². The number of carbonyl (C=O) groups is 1. The Bertz CT molecular complexity index is 473. The van der Waals surface area contributed by atoms with Gasteiger partial charge in [0.25, 0.3) is 0 Å². The van der Waals surface area contributed by atoms with Crippen LogP contribution in [-0.2, 0) is 0 Å². The van der Waals surface area contributed by atoms with Gasteiger partial charge in [-0.1, -0.05) is 11.6 Å². The first-order valence-corrected chi connectivity index (χ1v) is 5.10. The van der Waals surface area contributed by atoms with Crippen molar-refractivity contribution in [2.75, 3.05) is 0 Å². The van der Waals surface area contributed by atoms with Crippen LogP contribution < -0.4 is 0 Å². The van der Waals surface area contributed by atoms with Crippen molar-refractivity contribution in [3.63, 3.8) is 0 Å². The number of benzene rings is 1. The second kappa shape index (κ2) is 3.13. The maximum absolute atomic E-state index is 10.7. The largest absolute Gasteiger partial charge is 0.298 e. The lowest BCUT2D eigenvalue weighted by molar-refractivity contribution is 0.112. The number of carbonyl (C=O) groups excluding carboxylic acids is 1. The summed E-state index contributed by atoms with van der Waals surface area (Å²) in [5.41, 5.74) is 1.85. The molecule has 0 N–H and O–H groups in total. The number of halogens is 1. The maximum Gasteiger partial charge on any atom is 0.151 e. The zero-order valence-electron chi connectivity index (χ0n) is 7.00. The summed E-state index contributed by atoms with van der Waals surface area (Å²) in [6, 6.07) is 3.75. The minimum atomic E-state index is 0.687. The van der Waals surface area contributed by atoms with Crippen LogP contribution in [0.15, 0.2) is 17.5 Å². The molecule has 0 unspecified atom stereocenters. The molecule has 1 nitrogen and oxygen atoms in total. The van der Waals surface area contributed by atoms with Crippen molar-refractivity contribution in [3.05, 3.63) is 33.7 Å². The van der Waals surface area contributed by atoms with Gasteiger partial charge in [0, 0.05) is 26.1 Å². The lowest BCUT2D eigenvalue weighted by Gasteiger charge is -1.97. The van der Waals surface area contributed by atoms with Crippen molar-refractivity contribution in [1.29, 1.82) is 0 Å². The van der Waals surface area contributed by atoms with Gasteiger partial charge in [-0.05, 0) is 24.6 Å². The molecule has 0 saturated heterocycles. The molecule has 0 aliphatic carbocycles. The highest BCUT2D eigenvalue weighted by Gasteiger charge is 2.06. The Morgan fingerprint density at radius 2 is 2.23 bits per heavy atom. The van der Waals surface area contributed by atoms with Gasteiger partial charge in [-0.3, -0.25) is 4.79 Å². The minimum absolute atomic E-state index is 0.687. The van der Waals surface area contributed by atoms with Gasteiger partial charge in [-0.25, -0.2) is 0 Å². The summed E-state index contributed by atoms with van der Waals surface area (Å²) in [5, 5.41) is 3.51. The Morgan fingerprint density at radius 3 is 2.92 bits per heavy atom. The topological polar surface area (TPSA) is 17.1 Å². The molecule has 0 radical (unpaired) electrons. The van der Waals surface area contributed by atoms with Gasteiger partial charge in [0.05, 0.1) is 0 Å². The fraction of sp³-hybridized carbons (Fsp3) is 0.100. The molecule has 0 spiro atoms. The van der Waals surface area contributed by atoms with Gasteiger partial charge in [-0.15, -0.1) is 11.3 Å². The average Bonchev–Trinajstić information content (AvgIpc) is 2.47. The van der Waals surface area contributed by atoms with E-state index in [9.17, 15) is 4.79 Å². The maximum atomic E-state index is 10.7. The van der Waals surface area contributed by atoms with E-state index in [1.165, 1.54) is 0 Å². The third-order valence-corrected chi connectivity index (χ3v) is 3.35. The van der Waals surface area contributed by atoms with Crippen molar-refractivity contribution in [2.45, 2.75) is 6.92 Å². The minimum Gasteiger partial charge on any atom is -0.298 e.